The number of likely N-dealkylation sites (N-methyl/N-ethyl adjacent to an activating group) is 10. The smallest absolute Gasteiger partial charge is 0.409 e. The van der Waals surface area contributed by atoms with E-state index in [1.165, 1.54) is 52.7 Å². The van der Waals surface area contributed by atoms with Gasteiger partial charge in [0.25, 0.3) is 11.8 Å². The molecule has 0 radical (unpaired) electrons. The van der Waals surface area contributed by atoms with Gasteiger partial charge >= 0.3 is 48.0 Å². The van der Waals surface area contributed by atoms with Crippen molar-refractivity contribution in [2.75, 3.05) is 110 Å². The maximum atomic E-state index is 10.8. The number of nitrogens with one attached hydrogen (secondary N) is 2. The fourth-order valence-corrected chi connectivity index (χ4v) is 7.43. The normalized spacial score (nSPS) is 19.5. The Kier molecular flexibility index (Phi) is 31.6. The Balaban J connectivity index is 0.000000490. The molecule has 11 rings (SSSR count). The van der Waals surface area contributed by atoms with Crippen molar-refractivity contribution in [3.8, 4) is 0 Å². The molecule has 0 spiro atoms. The summed E-state index contributed by atoms with van der Waals surface area (Å²) in [4.78, 5) is 142. The number of carbonyl (C=O) groups excluding carboxylic acids is 11. The van der Waals surface area contributed by atoms with E-state index in [4.69, 9.17) is 9.47 Å². The van der Waals surface area contributed by atoms with Gasteiger partial charge in [-0.1, -0.05) is 0 Å². The molecular weight excluding hydrogens is 1160 g/mol. The van der Waals surface area contributed by atoms with Gasteiger partial charge in [-0.25, -0.2) is 38.4 Å². The van der Waals surface area contributed by atoms with Crippen molar-refractivity contribution in [3.05, 3.63) is 76.7 Å². The maximum Gasteiger partial charge on any atom is 0.409 e. The molecule has 7 fully saturated rings. The fraction of sp³-hybridized carbons (Fsp3) is 0.582. The van der Waals surface area contributed by atoms with E-state index in [-0.39, 0.29) is 109 Å². The molecule has 34 heteroatoms. The van der Waals surface area contributed by atoms with Crippen LogP contribution < -0.4 is 16.3 Å². The van der Waals surface area contributed by atoms with Crippen molar-refractivity contribution in [2.24, 2.45) is 35.2 Å². The monoisotopic (exact) mass is 1260 g/mol. The van der Waals surface area contributed by atoms with E-state index in [0.29, 0.717) is 0 Å². The van der Waals surface area contributed by atoms with Crippen molar-refractivity contribution < 1.29 is 62.2 Å². The molecule has 89 heavy (non-hydrogen) atoms. The molecule has 4 unspecified atom stereocenters. The number of cyclic esters (lactones) is 2. The predicted octanol–water partition coefficient (Wildman–Crippen LogP) is 0.940. The van der Waals surface area contributed by atoms with Crippen molar-refractivity contribution in [2.45, 2.75) is 72.8 Å². The lowest BCUT2D eigenvalue weighted by molar-refractivity contribution is -0.126. The Hall–Kier alpha value is -9.79. The van der Waals surface area contributed by atoms with Crippen molar-refractivity contribution >= 4 is 66.0 Å². The summed E-state index contributed by atoms with van der Waals surface area (Å²) in [5.74, 6) is -0.606. The summed E-state index contributed by atoms with van der Waals surface area (Å²) in [6.45, 7) is 16.6. The van der Waals surface area contributed by atoms with Gasteiger partial charge < -0.3 is 58.6 Å². The van der Waals surface area contributed by atoms with E-state index in [1.54, 1.807) is 102 Å². The van der Waals surface area contributed by atoms with Crippen LogP contribution in [0.25, 0.3) is 0 Å². The second kappa shape index (κ2) is 36.4. The minimum absolute atomic E-state index is 0.0185. The molecule has 16 amide bonds. The lowest BCUT2D eigenvalue weighted by Gasteiger charge is -2.07. The van der Waals surface area contributed by atoms with Gasteiger partial charge in [-0.05, 0) is 66.2 Å². The highest BCUT2D eigenvalue weighted by Crippen LogP contribution is 2.08. The largest absolute Gasteiger partial charge is 0.445 e. The first kappa shape index (κ1) is 77.2. The highest BCUT2D eigenvalue weighted by atomic mass is 16.6. The molecule has 7 aliphatic rings. The van der Waals surface area contributed by atoms with E-state index >= 15 is 0 Å². The van der Waals surface area contributed by atoms with E-state index in [9.17, 15) is 57.5 Å². The molecule has 0 aliphatic carbocycles. The summed E-state index contributed by atoms with van der Waals surface area (Å²) >= 11 is 0. The van der Waals surface area contributed by atoms with Gasteiger partial charge in [-0.15, -0.1) is 0 Å². The summed E-state index contributed by atoms with van der Waals surface area (Å²) < 4.78 is 17.9. The van der Waals surface area contributed by atoms with Crippen LogP contribution in [-0.2, 0) is 63.9 Å². The number of amides is 16. The highest BCUT2D eigenvalue weighted by Gasteiger charge is 2.33. The van der Waals surface area contributed by atoms with E-state index in [2.05, 4.69) is 25.9 Å². The van der Waals surface area contributed by atoms with Gasteiger partial charge in [-0.3, -0.25) is 52.8 Å². The minimum atomic E-state index is -0.345. The number of urea groups is 5. The minimum Gasteiger partial charge on any atom is -0.445 e. The molecule has 0 saturated carbocycles. The van der Waals surface area contributed by atoms with Crippen LogP contribution in [0.3, 0.4) is 0 Å². The first-order valence-electron chi connectivity index (χ1n) is 27.8. The zero-order chi connectivity index (χ0) is 68.5. The molecule has 34 nitrogen and oxygen atoms in total. The third kappa shape index (κ3) is 26.4. The summed E-state index contributed by atoms with van der Waals surface area (Å²) in [7, 11) is 25.3. The Morgan fingerprint density at radius 1 is 0.438 bits per heavy atom. The van der Waals surface area contributed by atoms with Gasteiger partial charge in [0.15, 0.2) is 0 Å². The number of hydrogen-bond acceptors (Lipinski definition) is 17. The van der Waals surface area contributed by atoms with Crippen LogP contribution in [0.15, 0.2) is 54.1 Å². The number of ether oxygens (including phenoxy) is 2. The summed E-state index contributed by atoms with van der Waals surface area (Å²) in [5, 5.41) is 16.9. The first-order valence-corrected chi connectivity index (χ1v) is 27.8. The predicted molar refractivity (Wildman–Crippen MR) is 325 cm³/mol. The number of carbonyl (C=O) groups is 11. The molecule has 7 saturated heterocycles. The molecular formula is C55H92N20O14. The molecule has 4 aromatic heterocycles. The molecule has 11 heterocycles. The molecule has 496 valence electrons. The highest BCUT2D eigenvalue weighted by molar-refractivity contribution is 6.04. The number of imidazole rings is 1. The molecule has 0 bridgehead atoms. The average molecular weight is 1260 g/mol. The SMILES string of the molecule is CC1CN(C)C(=O)O1.CC1CN(C)C(=O)O1.CC1NC(=O)N(C)C1=O.CC1NC(=O)N(C)C1=O.CN1CC(=O)N(C)C1=O.CN1CC(=O)N(C)C1=O.CN1CCN(C)C1=O.Cc1ccn(C)n1.Cc1ccn(C)n1.Cc1cnn(C)c1.Cn1ccn(C)c1=O. The third-order valence-electron chi connectivity index (χ3n) is 12.8. The number of hydrogen-bond donors (Lipinski definition) is 2. The summed E-state index contributed by atoms with van der Waals surface area (Å²) in [5.41, 5.74) is 3.37. The van der Waals surface area contributed by atoms with E-state index in [0.717, 1.165) is 57.2 Å². The van der Waals surface area contributed by atoms with Gasteiger partial charge in [0.1, 0.15) is 37.4 Å². The van der Waals surface area contributed by atoms with Gasteiger partial charge in [0.05, 0.1) is 30.7 Å². The van der Waals surface area contributed by atoms with Crippen LogP contribution in [0, 0.1) is 20.8 Å². The Bertz CT molecular complexity index is 2740. The zero-order valence-corrected chi connectivity index (χ0v) is 55.4. The topological polar surface area (TPSA) is 343 Å². The summed E-state index contributed by atoms with van der Waals surface area (Å²) in [6.07, 6.45) is 10.8. The Morgan fingerprint density at radius 3 is 0.865 bits per heavy atom. The molecule has 4 atom stereocenters. The van der Waals surface area contributed by atoms with Crippen molar-refractivity contribution in [1.82, 2.24) is 98.1 Å². The van der Waals surface area contributed by atoms with Crippen molar-refractivity contribution in [1.29, 1.82) is 0 Å². The molecule has 4 aromatic rings. The van der Waals surface area contributed by atoms with Gasteiger partial charge in [-0.2, -0.15) is 15.3 Å². The van der Waals surface area contributed by atoms with Gasteiger partial charge in [0, 0.05) is 150 Å². The van der Waals surface area contributed by atoms with Crippen LogP contribution in [-0.4, -0.2) is 287 Å². The molecule has 0 aromatic carbocycles. The third-order valence-corrected chi connectivity index (χ3v) is 12.8. The van der Waals surface area contributed by atoms with Crippen LogP contribution >= 0.6 is 0 Å². The number of rotatable bonds is 0. The average Bonchev–Trinajstić information content (AvgIpc) is 4.55. The lowest BCUT2D eigenvalue weighted by atomic mass is 10.3. The number of aryl methyl sites for hydroxylation is 8. The van der Waals surface area contributed by atoms with Crippen LogP contribution in [0.1, 0.15) is 44.6 Å². The summed E-state index contributed by atoms with van der Waals surface area (Å²) in [6, 6.07) is 2.31. The zero-order valence-electron chi connectivity index (χ0n) is 55.4. The quantitative estimate of drug-likeness (QED) is 0.231. The van der Waals surface area contributed by atoms with E-state index in [1.807, 2.05) is 107 Å². The van der Waals surface area contributed by atoms with Crippen LogP contribution in [0.2, 0.25) is 0 Å². The Labute approximate surface area is 519 Å². The molecule has 7 aliphatic heterocycles. The number of aromatic nitrogens is 8. The second-order valence-electron chi connectivity index (χ2n) is 21.4. The second-order valence-corrected chi connectivity index (χ2v) is 21.4. The first-order chi connectivity index (χ1) is 41.2. The Morgan fingerprint density at radius 2 is 0.787 bits per heavy atom. The maximum absolute atomic E-state index is 10.8. The van der Waals surface area contributed by atoms with E-state index < -0.39 is 0 Å². The number of nitrogens with zero attached hydrogens (tertiary/aromatic N) is 18. The van der Waals surface area contributed by atoms with Crippen LogP contribution in [0.4, 0.5) is 33.6 Å². The molecule has 2 N–H and O–H groups in total. The van der Waals surface area contributed by atoms with Crippen molar-refractivity contribution in [3.63, 3.8) is 0 Å². The van der Waals surface area contributed by atoms with Gasteiger partial charge in [0.2, 0.25) is 11.8 Å². The van der Waals surface area contributed by atoms with Crippen LogP contribution in [0.5, 0.6) is 0 Å². The fourth-order valence-electron chi connectivity index (χ4n) is 7.43. The standard InChI is InChI=1S/4C5H8N2O2.C5H10N2O.C5H8N2O.3C5H8N2.2C5H9NO2/c2*1-6-3-4(8)7(2)5(6)9;2*1-3-4(8)7(2)5(9)6-3;2*1-6-3-4-7(2)5(6)8;1-5-3-6-7(2)4-5;2*1-5-3-4-7(2)6-5;2*1-4-3-6(2)5(7)8-4/h2*3H2,1-2H3;2*3H,1-2H3,(H,6,9);3-4H2,1-2H3;3-4H,1-2H3;3*3-4H,1-2H3;2*4H,3H2,1-2H3. The lowest BCUT2D eigenvalue weighted by Crippen LogP contribution is -2.27. The number of imide groups is 4.